The molecule has 0 saturated carbocycles. The third-order valence-corrected chi connectivity index (χ3v) is 8.81. The molecule has 0 spiro atoms. The van der Waals surface area contributed by atoms with E-state index < -0.39 is 34.8 Å². The Bertz CT molecular complexity index is 1360. The minimum absolute atomic E-state index is 0.0304. The van der Waals surface area contributed by atoms with Gasteiger partial charge in [-0.2, -0.15) is 0 Å². The van der Waals surface area contributed by atoms with E-state index in [1.165, 1.54) is 0 Å². The van der Waals surface area contributed by atoms with Gasteiger partial charge in [0.1, 0.15) is 24.3 Å². The van der Waals surface area contributed by atoms with Crippen molar-refractivity contribution < 1.29 is 36.9 Å². The van der Waals surface area contributed by atoms with Crippen molar-refractivity contribution in [1.82, 2.24) is 14.8 Å². The number of fused-ring (bicyclic) bond motifs is 1. The number of alkyl halides is 1. The first kappa shape index (κ1) is 31.4. The van der Waals surface area contributed by atoms with Gasteiger partial charge in [-0.05, 0) is 68.0 Å². The molecule has 1 N–H and O–H groups in total. The second-order valence-electron chi connectivity index (χ2n) is 11.5. The number of aliphatic hydroxyl groups excluding tert-OH is 1. The molecule has 7 nitrogen and oxygen atoms in total. The molecule has 11 heteroatoms. The first-order valence-electron chi connectivity index (χ1n) is 14.8. The van der Waals surface area contributed by atoms with E-state index in [2.05, 4.69) is 14.8 Å². The van der Waals surface area contributed by atoms with Gasteiger partial charge in [-0.1, -0.05) is 0 Å². The number of hydrogen-bond donors (Lipinski definition) is 1. The molecule has 0 unspecified atom stereocenters. The van der Waals surface area contributed by atoms with E-state index in [4.69, 9.17) is 14.2 Å². The maximum atomic E-state index is 16.4. The minimum Gasteiger partial charge on any atom is -0.497 e. The van der Waals surface area contributed by atoms with Gasteiger partial charge in [0.2, 0.25) is 0 Å². The zero-order valence-corrected chi connectivity index (χ0v) is 24.5. The van der Waals surface area contributed by atoms with E-state index in [1.54, 1.807) is 13.3 Å². The van der Waals surface area contributed by atoms with Crippen LogP contribution in [0.3, 0.4) is 0 Å². The lowest BCUT2D eigenvalue weighted by molar-refractivity contribution is 0.0259. The number of halogens is 4. The van der Waals surface area contributed by atoms with Crippen molar-refractivity contribution in [3.63, 3.8) is 0 Å². The molecule has 2 aliphatic heterocycles. The maximum Gasteiger partial charge on any atom is 0.190 e. The van der Waals surface area contributed by atoms with E-state index in [0.29, 0.717) is 87.6 Å². The van der Waals surface area contributed by atoms with Crippen molar-refractivity contribution in [3.8, 4) is 11.5 Å². The third kappa shape index (κ3) is 7.57. The fourth-order valence-electron chi connectivity index (χ4n) is 6.12. The molecule has 0 radical (unpaired) electrons. The molecule has 3 heterocycles. The number of methoxy groups -OCH3 is 1. The van der Waals surface area contributed by atoms with E-state index in [-0.39, 0.29) is 19.6 Å². The number of likely N-dealkylation sites (tertiary alicyclic amines) is 1. The number of aromatic nitrogens is 1. The Morgan fingerprint density at radius 3 is 2.42 bits per heavy atom. The highest BCUT2D eigenvalue weighted by atomic mass is 19.1. The SMILES string of the molecule is COc1ccc2ncc(CN3CCOCC3)c([C@@H](F)CCC3(CO)CCN(CCOc4c(F)cc(F)cc4F)CC3)c2c1. The minimum atomic E-state index is -1.26. The quantitative estimate of drug-likeness (QED) is 0.276. The molecular formula is C32H39F4N3O4. The second-order valence-corrected chi connectivity index (χ2v) is 11.5. The Hall–Kier alpha value is -2.99. The summed E-state index contributed by atoms with van der Waals surface area (Å²) in [6.45, 7) is 5.07. The Morgan fingerprint density at radius 1 is 1.02 bits per heavy atom. The average Bonchev–Trinajstić information content (AvgIpc) is 3.02. The molecule has 0 bridgehead atoms. The molecule has 234 valence electrons. The highest BCUT2D eigenvalue weighted by Gasteiger charge is 2.35. The van der Waals surface area contributed by atoms with Crippen molar-refractivity contribution in [2.45, 2.75) is 38.4 Å². The van der Waals surface area contributed by atoms with Crippen LogP contribution in [0.15, 0.2) is 36.5 Å². The van der Waals surface area contributed by atoms with E-state index in [1.807, 2.05) is 18.2 Å². The molecule has 3 aromatic rings. The van der Waals surface area contributed by atoms with Crippen LogP contribution >= 0.6 is 0 Å². The number of piperidine rings is 1. The number of ether oxygens (including phenoxy) is 3. The summed E-state index contributed by atoms with van der Waals surface area (Å²) in [5.41, 5.74) is 1.74. The Kier molecular flexibility index (Phi) is 10.4. The zero-order chi connectivity index (χ0) is 30.4. The molecular weight excluding hydrogens is 566 g/mol. The summed E-state index contributed by atoms with van der Waals surface area (Å²) in [5, 5.41) is 11.1. The fourth-order valence-corrected chi connectivity index (χ4v) is 6.12. The maximum absolute atomic E-state index is 16.4. The number of rotatable bonds is 12. The summed E-state index contributed by atoms with van der Waals surface area (Å²) in [6.07, 6.45) is 2.58. The average molecular weight is 606 g/mol. The number of hydrogen-bond acceptors (Lipinski definition) is 7. The van der Waals surface area contributed by atoms with Gasteiger partial charge in [0, 0.05) is 62.1 Å². The molecule has 1 atom stereocenters. The summed E-state index contributed by atoms with van der Waals surface area (Å²) in [6, 6.07) is 6.68. The van der Waals surface area contributed by atoms with Crippen LogP contribution in [0.5, 0.6) is 11.5 Å². The lowest BCUT2D eigenvalue weighted by atomic mass is 9.74. The van der Waals surface area contributed by atoms with Crippen molar-refractivity contribution in [1.29, 1.82) is 0 Å². The van der Waals surface area contributed by atoms with Gasteiger partial charge < -0.3 is 19.3 Å². The van der Waals surface area contributed by atoms with Crippen molar-refractivity contribution in [3.05, 3.63) is 65.1 Å². The van der Waals surface area contributed by atoms with E-state index >= 15 is 4.39 Å². The summed E-state index contributed by atoms with van der Waals surface area (Å²) in [4.78, 5) is 8.95. The largest absolute Gasteiger partial charge is 0.497 e. The van der Waals surface area contributed by atoms with E-state index in [9.17, 15) is 18.3 Å². The van der Waals surface area contributed by atoms with E-state index in [0.717, 1.165) is 24.0 Å². The monoisotopic (exact) mass is 605 g/mol. The summed E-state index contributed by atoms with van der Waals surface area (Å²) in [7, 11) is 1.58. The van der Waals surface area contributed by atoms with Crippen LogP contribution in [0.2, 0.25) is 0 Å². The van der Waals surface area contributed by atoms with Gasteiger partial charge in [0.25, 0.3) is 0 Å². The lowest BCUT2D eigenvalue weighted by Crippen LogP contribution is -2.43. The van der Waals surface area contributed by atoms with Crippen molar-refractivity contribution in [2.75, 3.05) is 66.3 Å². The van der Waals surface area contributed by atoms with Crippen LogP contribution in [-0.2, 0) is 11.3 Å². The zero-order valence-electron chi connectivity index (χ0n) is 24.5. The molecule has 43 heavy (non-hydrogen) atoms. The number of pyridine rings is 1. The van der Waals surface area contributed by atoms with Gasteiger partial charge in [-0.25, -0.2) is 17.6 Å². The topological polar surface area (TPSA) is 67.3 Å². The van der Waals surface area contributed by atoms with Gasteiger partial charge in [-0.3, -0.25) is 14.8 Å². The molecule has 0 aliphatic carbocycles. The smallest absolute Gasteiger partial charge is 0.190 e. The lowest BCUT2D eigenvalue weighted by Gasteiger charge is -2.41. The first-order chi connectivity index (χ1) is 20.8. The third-order valence-electron chi connectivity index (χ3n) is 8.81. The summed E-state index contributed by atoms with van der Waals surface area (Å²) in [5.74, 6) is -3.11. The molecule has 2 fully saturated rings. The number of benzene rings is 2. The molecule has 1 aromatic heterocycles. The Morgan fingerprint density at radius 2 is 1.74 bits per heavy atom. The van der Waals surface area contributed by atoms with Gasteiger partial charge in [-0.15, -0.1) is 0 Å². The van der Waals surface area contributed by atoms with Gasteiger partial charge >= 0.3 is 0 Å². The Balaban J connectivity index is 1.22. The molecule has 2 saturated heterocycles. The van der Waals surface area contributed by atoms with Crippen LogP contribution < -0.4 is 9.47 Å². The standard InChI is InChI=1S/C32H39F4N3O4/c1-41-24-2-3-29-25(18-24)30(22(19-37-29)20-39-10-13-42-14-11-39)26(34)4-5-32(21-40)6-8-38(9-7-32)12-15-43-31-27(35)16-23(33)17-28(31)36/h2-3,16-19,26,40H,4-15,20-21H2,1H3/t26-/m0/s1. The molecule has 5 rings (SSSR count). The van der Waals surface area contributed by atoms with Crippen LogP contribution in [-0.4, -0.2) is 86.2 Å². The summed E-state index contributed by atoms with van der Waals surface area (Å²) >= 11 is 0. The Labute approximate surface area is 249 Å². The van der Waals surface area contributed by atoms with Crippen LogP contribution in [0.25, 0.3) is 10.9 Å². The number of morpholine rings is 1. The number of aliphatic hydroxyl groups is 1. The van der Waals surface area contributed by atoms with Crippen LogP contribution in [0, 0.1) is 22.9 Å². The highest BCUT2D eigenvalue weighted by molar-refractivity contribution is 5.85. The molecule has 2 aromatic carbocycles. The first-order valence-corrected chi connectivity index (χ1v) is 14.8. The molecule has 0 amide bonds. The van der Waals surface area contributed by atoms with Gasteiger partial charge in [0.05, 0.1) is 25.8 Å². The van der Waals surface area contributed by atoms with Crippen LogP contribution in [0.4, 0.5) is 17.6 Å². The van der Waals surface area contributed by atoms with Crippen molar-refractivity contribution in [2.24, 2.45) is 5.41 Å². The summed E-state index contributed by atoms with van der Waals surface area (Å²) < 4.78 is 73.4. The predicted molar refractivity (Wildman–Crippen MR) is 154 cm³/mol. The van der Waals surface area contributed by atoms with Crippen molar-refractivity contribution >= 4 is 10.9 Å². The highest BCUT2D eigenvalue weighted by Crippen LogP contribution is 2.41. The second kappa shape index (κ2) is 14.2. The van der Waals surface area contributed by atoms with Gasteiger partial charge in [0.15, 0.2) is 17.4 Å². The normalized spacial score (nSPS) is 18.6. The fraction of sp³-hybridized carbons (Fsp3) is 0.531. The number of nitrogens with zero attached hydrogens (tertiary/aromatic N) is 3. The predicted octanol–water partition coefficient (Wildman–Crippen LogP) is 5.44. The van der Waals surface area contributed by atoms with Crippen LogP contribution in [0.1, 0.15) is 43.0 Å². The molecule has 2 aliphatic rings.